The van der Waals surface area contributed by atoms with Crippen LogP contribution in [-0.4, -0.2) is 84.9 Å². The van der Waals surface area contributed by atoms with E-state index in [4.69, 9.17) is 42.6 Å². The first kappa shape index (κ1) is 44.6. The van der Waals surface area contributed by atoms with Crippen LogP contribution >= 0.6 is 0 Å². The Hall–Kier alpha value is -4.46. The number of carbonyl (C=O) groups excluding carboxylic acids is 2. The predicted molar refractivity (Wildman–Crippen MR) is 225 cm³/mol. The third-order valence-corrected chi connectivity index (χ3v) is 11.8. The van der Waals surface area contributed by atoms with Crippen LogP contribution in [0.15, 0.2) is 85.0 Å². The lowest BCUT2D eigenvalue weighted by molar-refractivity contribution is -0.152. The van der Waals surface area contributed by atoms with Gasteiger partial charge in [-0.05, 0) is 86.7 Å². The van der Waals surface area contributed by atoms with E-state index in [1.54, 1.807) is 50.6 Å². The summed E-state index contributed by atoms with van der Waals surface area (Å²) in [6, 6.07) is 21.0. The predicted octanol–water partition coefficient (Wildman–Crippen LogP) is 9.27. The van der Waals surface area contributed by atoms with Gasteiger partial charge in [-0.25, -0.2) is 9.59 Å². The molecule has 12 heteroatoms. The second-order valence-corrected chi connectivity index (χ2v) is 21.9. The number of methoxy groups -OCH3 is 3. The van der Waals surface area contributed by atoms with Crippen molar-refractivity contribution in [2.24, 2.45) is 5.92 Å². The van der Waals surface area contributed by atoms with Crippen molar-refractivity contribution in [1.29, 1.82) is 0 Å². The fraction of sp³-hybridized carbons (Fsp3) is 0.478. The molecular formula is C46H60O11Si. The van der Waals surface area contributed by atoms with Crippen molar-refractivity contribution in [3.8, 4) is 17.2 Å². The maximum Gasteiger partial charge on any atom is 0.342 e. The maximum atomic E-state index is 13.6. The number of benzene rings is 3. The van der Waals surface area contributed by atoms with Crippen molar-refractivity contribution >= 4 is 26.1 Å². The molecule has 1 saturated carbocycles. The van der Waals surface area contributed by atoms with E-state index in [0.29, 0.717) is 36.5 Å². The van der Waals surface area contributed by atoms with Crippen LogP contribution in [-0.2, 0) is 35.0 Å². The van der Waals surface area contributed by atoms with Crippen molar-refractivity contribution in [3.05, 3.63) is 107 Å². The van der Waals surface area contributed by atoms with Crippen molar-refractivity contribution in [2.75, 3.05) is 34.7 Å². The minimum absolute atomic E-state index is 0.0109. The number of esters is 2. The Morgan fingerprint density at radius 1 is 0.914 bits per heavy atom. The molecule has 3 unspecified atom stereocenters. The number of hydrogen-bond acceptors (Lipinski definition) is 11. The third-order valence-electron chi connectivity index (χ3n) is 10.1. The van der Waals surface area contributed by atoms with Gasteiger partial charge in [-0.15, -0.1) is 0 Å². The zero-order valence-corrected chi connectivity index (χ0v) is 36.2. The Morgan fingerprint density at radius 3 is 2.34 bits per heavy atom. The second kappa shape index (κ2) is 21.0. The van der Waals surface area contributed by atoms with Crippen LogP contribution < -0.4 is 14.2 Å². The molecule has 2 aliphatic rings. The fourth-order valence-corrected chi connectivity index (χ4v) is 7.74. The summed E-state index contributed by atoms with van der Waals surface area (Å²) < 4.78 is 53.3. The Morgan fingerprint density at radius 2 is 1.66 bits per heavy atom. The summed E-state index contributed by atoms with van der Waals surface area (Å²) in [6.07, 6.45) is 9.11. The normalized spacial score (nSPS) is 21.0. The van der Waals surface area contributed by atoms with Crippen LogP contribution in [0, 0.1) is 5.92 Å². The van der Waals surface area contributed by atoms with Gasteiger partial charge in [0.25, 0.3) is 0 Å². The van der Waals surface area contributed by atoms with E-state index in [9.17, 15) is 9.59 Å². The van der Waals surface area contributed by atoms with Gasteiger partial charge in [-0.2, -0.15) is 0 Å². The second-order valence-electron chi connectivity index (χ2n) is 16.3. The first-order valence-corrected chi connectivity index (χ1v) is 23.7. The minimum atomic E-state index is -1.45. The smallest absolute Gasteiger partial charge is 0.342 e. The molecule has 0 bridgehead atoms. The summed E-state index contributed by atoms with van der Waals surface area (Å²) in [4.78, 5) is 27.2. The molecule has 1 heterocycles. The quantitative estimate of drug-likeness (QED) is 0.0470. The summed E-state index contributed by atoms with van der Waals surface area (Å²) in [7, 11) is 3.26. The highest BCUT2D eigenvalue weighted by Gasteiger charge is 2.45. The van der Waals surface area contributed by atoms with Gasteiger partial charge in [0.15, 0.2) is 12.6 Å². The van der Waals surface area contributed by atoms with Crippen molar-refractivity contribution in [3.63, 3.8) is 0 Å². The Balaban J connectivity index is 1.39. The van der Waals surface area contributed by atoms with Gasteiger partial charge in [0.2, 0.25) is 0 Å². The van der Waals surface area contributed by atoms with E-state index in [0.717, 1.165) is 36.6 Å². The highest BCUT2D eigenvalue weighted by molar-refractivity contribution is 6.76. The lowest BCUT2D eigenvalue weighted by atomic mass is 9.99. The van der Waals surface area contributed by atoms with Crippen LogP contribution in [0.3, 0.4) is 0 Å². The van der Waals surface area contributed by atoms with Crippen LogP contribution in [0.1, 0.15) is 71.4 Å². The molecular weight excluding hydrogens is 757 g/mol. The lowest BCUT2D eigenvalue weighted by Gasteiger charge is -2.25. The minimum Gasteiger partial charge on any atom is -0.497 e. The summed E-state index contributed by atoms with van der Waals surface area (Å²) in [5.74, 6) is -0.216. The average Bonchev–Trinajstić information content (AvgIpc) is 3.79. The molecule has 2 fully saturated rings. The third kappa shape index (κ3) is 13.0. The van der Waals surface area contributed by atoms with E-state index < -0.39 is 44.1 Å². The number of rotatable bonds is 20. The van der Waals surface area contributed by atoms with Gasteiger partial charge < -0.3 is 42.6 Å². The Bertz CT molecular complexity index is 1830. The lowest BCUT2D eigenvalue weighted by Crippen LogP contribution is -2.37. The Labute approximate surface area is 344 Å². The SMILES string of the molecule is COCOc1cc(OC)cc(C=CCC2OC(C)(C)OC2C(C=C[C@H]2CCC[C@H]2OCc2ccc(OC)cc2)OC(=O)c2ccccc2)c1C(=O)OCC[Si](C)(C)C. The van der Waals surface area contributed by atoms with Crippen LogP contribution in [0.5, 0.6) is 17.2 Å². The number of hydrogen-bond donors (Lipinski definition) is 0. The highest BCUT2D eigenvalue weighted by Crippen LogP contribution is 2.37. The Kier molecular flexibility index (Phi) is 16.2. The molecule has 0 amide bonds. The molecule has 1 saturated heterocycles. The monoisotopic (exact) mass is 816 g/mol. The van der Waals surface area contributed by atoms with Crippen molar-refractivity contribution < 1.29 is 52.2 Å². The molecule has 1 aliphatic carbocycles. The molecule has 58 heavy (non-hydrogen) atoms. The van der Waals surface area contributed by atoms with E-state index >= 15 is 0 Å². The van der Waals surface area contributed by atoms with Gasteiger partial charge in [0, 0.05) is 27.2 Å². The first-order valence-electron chi connectivity index (χ1n) is 20.0. The maximum absolute atomic E-state index is 13.6. The van der Waals surface area contributed by atoms with E-state index in [1.165, 1.54) is 7.11 Å². The zero-order valence-electron chi connectivity index (χ0n) is 35.2. The zero-order chi connectivity index (χ0) is 41.7. The van der Waals surface area contributed by atoms with Gasteiger partial charge >= 0.3 is 11.9 Å². The van der Waals surface area contributed by atoms with Gasteiger partial charge in [0.1, 0.15) is 35.0 Å². The van der Waals surface area contributed by atoms with Gasteiger partial charge in [0.05, 0.1) is 45.2 Å². The number of ether oxygens (including phenoxy) is 9. The molecule has 314 valence electrons. The molecule has 11 nitrogen and oxygen atoms in total. The standard InChI is InChI=1S/C46H60O11Si/c1-46(2)56-40(19-13-17-35-28-37(51-5)29-41(54-31-49-3)42(35)45(48)52-26-27-58(6,7)8)43(57-46)39(55-44(47)34-14-10-9-11-15-34)25-22-33-16-12-18-38(33)53-30-32-20-23-36(50-4)24-21-32/h9-11,13-15,17,20-25,28-29,33,38-40,43H,12,16,18-19,26-27,30-31H2,1-8H3/t33-,38-,39?,40?,43?/m1/s1. The first-order chi connectivity index (χ1) is 27.8. The van der Waals surface area contributed by atoms with Crippen LogP contribution in [0.25, 0.3) is 6.08 Å². The molecule has 0 radical (unpaired) electrons. The van der Waals surface area contributed by atoms with Crippen LogP contribution in [0.4, 0.5) is 0 Å². The molecule has 3 aromatic rings. The summed E-state index contributed by atoms with van der Waals surface area (Å²) in [5, 5.41) is 0. The van der Waals surface area contributed by atoms with Gasteiger partial charge in [-0.3, -0.25) is 0 Å². The largest absolute Gasteiger partial charge is 0.497 e. The topological polar surface area (TPSA) is 117 Å². The van der Waals surface area contributed by atoms with Crippen molar-refractivity contribution in [1.82, 2.24) is 0 Å². The molecule has 1 aliphatic heterocycles. The fourth-order valence-electron chi connectivity index (χ4n) is 7.03. The van der Waals surface area contributed by atoms with Crippen LogP contribution in [0.2, 0.25) is 25.7 Å². The van der Waals surface area contributed by atoms with Gasteiger partial charge in [-0.1, -0.05) is 74.6 Å². The summed E-state index contributed by atoms with van der Waals surface area (Å²) in [5.41, 5.74) is 2.32. The average molecular weight is 817 g/mol. The van der Waals surface area contributed by atoms with Crippen molar-refractivity contribution in [2.45, 2.75) is 102 Å². The summed E-state index contributed by atoms with van der Waals surface area (Å²) >= 11 is 0. The van der Waals surface area contributed by atoms with E-state index in [1.807, 2.05) is 62.4 Å². The highest BCUT2D eigenvalue weighted by atomic mass is 28.3. The molecule has 5 rings (SSSR count). The molecule has 3 aromatic carbocycles. The molecule has 5 atom stereocenters. The van der Waals surface area contributed by atoms with E-state index in [2.05, 4.69) is 25.7 Å². The molecule has 0 spiro atoms. The molecule has 0 N–H and O–H groups in total. The molecule has 0 aromatic heterocycles. The number of carbonyl (C=O) groups is 2. The van der Waals surface area contributed by atoms with E-state index in [-0.39, 0.29) is 30.1 Å². The summed E-state index contributed by atoms with van der Waals surface area (Å²) in [6.45, 7) is 11.1.